The number of amides is 1. The van der Waals surface area contributed by atoms with E-state index >= 15 is 0 Å². The minimum atomic E-state index is -4.74. The van der Waals surface area contributed by atoms with Gasteiger partial charge in [-0.05, 0) is 31.2 Å². The highest BCUT2D eigenvalue weighted by Gasteiger charge is 2.49. The number of nitrogens with zero attached hydrogens (tertiary/aromatic N) is 2. The maximum absolute atomic E-state index is 13.4. The van der Waals surface area contributed by atoms with Crippen molar-refractivity contribution >= 4 is 28.8 Å². The number of aliphatic hydroxyl groups excluding tert-OH is 1. The molecule has 35 heavy (non-hydrogen) atoms. The summed E-state index contributed by atoms with van der Waals surface area (Å²) in [6.07, 6.45) is -4.74. The molecular weight excluding hydrogens is 465 g/mol. The second-order valence-corrected chi connectivity index (χ2v) is 7.90. The highest BCUT2D eigenvalue weighted by Crippen LogP contribution is 2.45. The minimum Gasteiger partial charge on any atom is -0.507 e. The average molecular weight is 482 g/mol. The number of ketones is 1. The van der Waals surface area contributed by atoms with Crippen molar-refractivity contribution in [2.45, 2.75) is 19.1 Å². The fourth-order valence-electron chi connectivity index (χ4n) is 3.98. The number of rotatable bonds is 4. The quantitative estimate of drug-likeness (QED) is 0.173. The van der Waals surface area contributed by atoms with Crippen molar-refractivity contribution in [1.82, 2.24) is 0 Å². The van der Waals surface area contributed by atoms with Crippen LogP contribution in [-0.4, -0.2) is 21.7 Å². The Kier molecular flexibility index (Phi) is 5.89. The minimum absolute atomic E-state index is 0.136. The Balaban J connectivity index is 2.01. The molecule has 1 aliphatic heterocycles. The molecule has 1 fully saturated rings. The molecule has 4 rings (SSSR count). The van der Waals surface area contributed by atoms with Crippen molar-refractivity contribution < 1.29 is 32.8 Å². The van der Waals surface area contributed by atoms with Crippen molar-refractivity contribution in [3.63, 3.8) is 0 Å². The Morgan fingerprint density at radius 2 is 1.66 bits per heavy atom. The summed E-state index contributed by atoms with van der Waals surface area (Å²) in [6, 6.07) is 13.7. The van der Waals surface area contributed by atoms with Gasteiger partial charge in [-0.25, -0.2) is 0 Å². The summed E-state index contributed by atoms with van der Waals surface area (Å²) >= 11 is 0. The monoisotopic (exact) mass is 482 g/mol. The van der Waals surface area contributed by atoms with E-state index in [1.165, 1.54) is 36.4 Å². The third kappa shape index (κ3) is 4.25. The van der Waals surface area contributed by atoms with Crippen LogP contribution in [0.5, 0.6) is 0 Å². The summed E-state index contributed by atoms with van der Waals surface area (Å²) in [5.74, 6) is -2.99. The molecular formula is C25H17F3N2O5. The topological polar surface area (TPSA) is 101 Å². The molecule has 0 radical (unpaired) electrons. The molecule has 1 saturated heterocycles. The van der Waals surface area contributed by atoms with Gasteiger partial charge in [0.1, 0.15) is 11.8 Å². The summed E-state index contributed by atoms with van der Waals surface area (Å²) in [5.41, 5.74) is -1.42. The lowest BCUT2D eigenvalue weighted by Gasteiger charge is -2.25. The summed E-state index contributed by atoms with van der Waals surface area (Å²) in [5, 5.41) is 22.8. The van der Waals surface area contributed by atoms with Gasteiger partial charge in [-0.3, -0.25) is 24.6 Å². The summed E-state index contributed by atoms with van der Waals surface area (Å²) < 4.78 is 40.1. The Labute approximate surface area is 196 Å². The lowest BCUT2D eigenvalue weighted by Crippen LogP contribution is -2.30. The second-order valence-electron chi connectivity index (χ2n) is 7.90. The van der Waals surface area contributed by atoms with Gasteiger partial charge in [-0.1, -0.05) is 48.0 Å². The molecule has 0 unspecified atom stereocenters. The van der Waals surface area contributed by atoms with Crippen LogP contribution in [0.15, 0.2) is 78.4 Å². The maximum atomic E-state index is 13.4. The average Bonchev–Trinajstić information content (AvgIpc) is 3.09. The van der Waals surface area contributed by atoms with Crippen molar-refractivity contribution in [2.75, 3.05) is 4.90 Å². The lowest BCUT2D eigenvalue weighted by atomic mass is 9.93. The smallest absolute Gasteiger partial charge is 0.416 e. The maximum Gasteiger partial charge on any atom is 0.416 e. The first-order valence-corrected chi connectivity index (χ1v) is 10.3. The molecule has 178 valence electrons. The van der Waals surface area contributed by atoms with Gasteiger partial charge in [0.15, 0.2) is 0 Å². The van der Waals surface area contributed by atoms with Gasteiger partial charge >= 0.3 is 6.18 Å². The van der Waals surface area contributed by atoms with Gasteiger partial charge < -0.3 is 5.11 Å². The van der Waals surface area contributed by atoms with Gasteiger partial charge in [0.05, 0.1) is 21.6 Å². The van der Waals surface area contributed by atoms with Gasteiger partial charge in [0.25, 0.3) is 17.4 Å². The van der Waals surface area contributed by atoms with Crippen molar-refractivity contribution in [2.24, 2.45) is 0 Å². The fourth-order valence-corrected chi connectivity index (χ4v) is 3.98. The van der Waals surface area contributed by atoms with Crippen LogP contribution in [0.3, 0.4) is 0 Å². The van der Waals surface area contributed by atoms with E-state index in [0.717, 1.165) is 28.7 Å². The van der Waals surface area contributed by atoms with Crippen LogP contribution in [0, 0.1) is 17.0 Å². The number of Topliss-reactive ketones (excluding diaryl/α,β-unsaturated/α-hetero) is 1. The number of aryl methyl sites for hydroxylation is 1. The molecule has 1 N–H and O–H groups in total. The number of alkyl halides is 3. The molecule has 0 aliphatic carbocycles. The van der Waals surface area contributed by atoms with Crippen LogP contribution in [0.1, 0.15) is 28.3 Å². The number of carbonyl (C=O) groups excluding carboxylic acids is 2. The van der Waals surface area contributed by atoms with Crippen LogP contribution >= 0.6 is 0 Å². The molecule has 0 spiro atoms. The van der Waals surface area contributed by atoms with Crippen molar-refractivity contribution in [3.8, 4) is 0 Å². The molecule has 3 aromatic rings. The number of para-hydroxylation sites is 1. The van der Waals surface area contributed by atoms with E-state index < -0.39 is 51.4 Å². The van der Waals surface area contributed by atoms with E-state index in [0.29, 0.717) is 6.07 Å². The number of hydrogen-bond acceptors (Lipinski definition) is 5. The Morgan fingerprint density at radius 1 is 1.00 bits per heavy atom. The number of nitro groups is 1. The zero-order chi connectivity index (χ0) is 25.5. The number of benzene rings is 3. The Morgan fingerprint density at radius 3 is 2.29 bits per heavy atom. The molecule has 1 atom stereocenters. The fraction of sp³-hybridized carbons (Fsp3) is 0.120. The molecule has 1 heterocycles. The van der Waals surface area contributed by atoms with Gasteiger partial charge in [0.2, 0.25) is 0 Å². The zero-order valence-corrected chi connectivity index (χ0v) is 18.1. The third-order valence-corrected chi connectivity index (χ3v) is 5.65. The molecule has 0 bridgehead atoms. The number of aliphatic hydroxyl groups is 1. The Hall–Kier alpha value is -4.47. The van der Waals surface area contributed by atoms with Gasteiger partial charge in [0, 0.05) is 17.3 Å². The van der Waals surface area contributed by atoms with E-state index in [-0.39, 0.29) is 16.8 Å². The number of nitro benzene ring substituents is 1. The second kappa shape index (κ2) is 8.71. The number of carbonyl (C=O) groups is 2. The first-order valence-electron chi connectivity index (χ1n) is 10.3. The van der Waals surface area contributed by atoms with Crippen LogP contribution in [0.4, 0.5) is 24.5 Å². The summed E-state index contributed by atoms with van der Waals surface area (Å²) in [6.45, 7) is 1.80. The van der Waals surface area contributed by atoms with Crippen molar-refractivity contribution in [1.29, 1.82) is 0 Å². The predicted octanol–water partition coefficient (Wildman–Crippen LogP) is 5.55. The largest absolute Gasteiger partial charge is 0.507 e. The molecule has 1 aliphatic rings. The standard InChI is InChI=1S/C25H17F3N2O5/c1-14-9-11-15(12-10-14)22(31)20-21(18-7-2-3-8-19(18)30(34)35)29(24(33)23(20)32)17-6-4-5-16(13-17)25(26,27)28/h2-13,21,31H,1H3/b22-20+/t21-/m1/s1. The van der Waals surface area contributed by atoms with Crippen molar-refractivity contribution in [3.05, 3.63) is 111 Å². The normalized spacial score (nSPS) is 17.6. The number of anilines is 1. The van der Waals surface area contributed by atoms with E-state index in [2.05, 4.69) is 0 Å². The molecule has 3 aromatic carbocycles. The Bertz CT molecular complexity index is 1380. The molecule has 10 heteroatoms. The van der Waals surface area contributed by atoms with E-state index in [1.807, 2.05) is 0 Å². The van der Waals surface area contributed by atoms with E-state index in [1.54, 1.807) is 19.1 Å². The zero-order valence-electron chi connectivity index (χ0n) is 18.1. The van der Waals surface area contributed by atoms with E-state index in [4.69, 9.17) is 0 Å². The highest BCUT2D eigenvalue weighted by molar-refractivity contribution is 6.51. The molecule has 1 amide bonds. The summed E-state index contributed by atoms with van der Waals surface area (Å²) in [7, 11) is 0. The van der Waals surface area contributed by atoms with Crippen LogP contribution in [0.25, 0.3) is 5.76 Å². The highest BCUT2D eigenvalue weighted by atomic mass is 19.4. The molecule has 0 saturated carbocycles. The molecule has 0 aromatic heterocycles. The van der Waals surface area contributed by atoms with Gasteiger partial charge in [-0.2, -0.15) is 13.2 Å². The van der Waals surface area contributed by atoms with E-state index in [9.17, 15) is 38.0 Å². The molecule has 7 nitrogen and oxygen atoms in total. The third-order valence-electron chi connectivity index (χ3n) is 5.65. The van der Waals surface area contributed by atoms with Crippen LogP contribution in [0.2, 0.25) is 0 Å². The first-order chi connectivity index (χ1) is 16.5. The lowest BCUT2D eigenvalue weighted by molar-refractivity contribution is -0.385. The summed E-state index contributed by atoms with van der Waals surface area (Å²) in [4.78, 5) is 38.0. The van der Waals surface area contributed by atoms with Crippen LogP contribution in [-0.2, 0) is 15.8 Å². The SMILES string of the molecule is Cc1ccc(/C(O)=C2\C(=O)C(=O)N(c3cccc(C(F)(F)F)c3)[C@@H]2c2ccccc2[N+](=O)[O-])cc1. The van der Waals surface area contributed by atoms with Gasteiger partial charge in [-0.15, -0.1) is 0 Å². The number of hydrogen-bond donors (Lipinski definition) is 1. The first kappa shape index (κ1) is 23.7. The van der Waals surface area contributed by atoms with Crippen LogP contribution < -0.4 is 4.90 Å². The predicted molar refractivity (Wildman–Crippen MR) is 121 cm³/mol. The number of halogens is 3.